The minimum atomic E-state index is -0.165. The van der Waals surface area contributed by atoms with Crippen LogP contribution in [0.4, 0.5) is 0 Å². The van der Waals surface area contributed by atoms with Crippen LogP contribution in [0.5, 0.6) is 11.6 Å². The number of imidazole rings is 1. The summed E-state index contributed by atoms with van der Waals surface area (Å²) in [6.45, 7) is 5.04. The maximum Gasteiger partial charge on any atom is 0.213 e. The number of ether oxygens (including phenoxy) is 2. The molecule has 7 nitrogen and oxygen atoms in total. The van der Waals surface area contributed by atoms with Gasteiger partial charge < -0.3 is 24.1 Å². The molecule has 0 saturated carbocycles. The molecule has 1 atom stereocenters. The summed E-state index contributed by atoms with van der Waals surface area (Å²) in [6, 6.07) is 14.3. The second-order valence-corrected chi connectivity index (χ2v) is 10.4. The number of H-pyrrole nitrogens is 1. The van der Waals surface area contributed by atoms with Crippen molar-refractivity contribution in [1.82, 2.24) is 19.0 Å². The Morgan fingerprint density at radius 1 is 1.17 bits per heavy atom. The Morgan fingerprint density at radius 2 is 1.94 bits per heavy atom. The molecule has 2 N–H and O–H groups in total. The van der Waals surface area contributed by atoms with E-state index in [1.165, 1.54) is 5.56 Å². The van der Waals surface area contributed by atoms with Crippen LogP contribution >= 0.6 is 28.1 Å². The maximum absolute atomic E-state index is 10.9. The summed E-state index contributed by atoms with van der Waals surface area (Å²) in [5, 5.41) is 12.0. The molecule has 0 spiro atoms. The lowest BCUT2D eigenvalue weighted by Crippen LogP contribution is -2.38. The van der Waals surface area contributed by atoms with E-state index in [0.29, 0.717) is 17.8 Å². The Morgan fingerprint density at radius 3 is 2.71 bits per heavy atom. The van der Waals surface area contributed by atoms with Gasteiger partial charge in [-0.05, 0) is 53.7 Å². The van der Waals surface area contributed by atoms with Crippen LogP contribution in [0.3, 0.4) is 0 Å². The number of morpholine rings is 1. The number of nitrogens with zero attached hydrogens (tertiary/aromatic N) is 3. The molecular formula is C26H27BrN4O3S. The largest absolute Gasteiger partial charge is 0.493 e. The first-order valence-electron chi connectivity index (χ1n) is 11.8. The van der Waals surface area contributed by atoms with Crippen molar-refractivity contribution in [2.75, 3.05) is 39.5 Å². The van der Waals surface area contributed by atoms with Crippen molar-refractivity contribution in [2.24, 2.45) is 7.05 Å². The molecule has 6 rings (SSSR count). The summed E-state index contributed by atoms with van der Waals surface area (Å²) in [6.07, 6.45) is 0.612. The molecule has 1 unspecified atom stereocenters. The molecule has 2 aromatic heterocycles. The Labute approximate surface area is 217 Å². The van der Waals surface area contributed by atoms with Crippen molar-refractivity contribution in [3.8, 4) is 11.6 Å². The van der Waals surface area contributed by atoms with E-state index in [2.05, 4.69) is 54.6 Å². The summed E-state index contributed by atoms with van der Waals surface area (Å²) in [7, 11) is 1.81. The van der Waals surface area contributed by atoms with Crippen molar-refractivity contribution < 1.29 is 14.6 Å². The molecule has 9 heteroatoms. The van der Waals surface area contributed by atoms with Crippen LogP contribution in [-0.2, 0) is 18.2 Å². The minimum absolute atomic E-state index is 0.165. The summed E-state index contributed by atoms with van der Waals surface area (Å²) in [4.78, 5) is 6.01. The number of rotatable bonds is 5. The minimum Gasteiger partial charge on any atom is -0.493 e. The van der Waals surface area contributed by atoms with Gasteiger partial charge in [-0.3, -0.25) is 9.47 Å². The summed E-state index contributed by atoms with van der Waals surface area (Å²) >= 11 is 9.37. The van der Waals surface area contributed by atoms with Gasteiger partial charge in [0, 0.05) is 54.2 Å². The third-order valence-electron chi connectivity index (χ3n) is 7.11. The van der Waals surface area contributed by atoms with Crippen LogP contribution in [0.1, 0.15) is 28.6 Å². The highest BCUT2D eigenvalue weighted by atomic mass is 79.9. The van der Waals surface area contributed by atoms with Crippen LogP contribution < -0.4 is 4.74 Å². The number of nitrogens with one attached hydrogen (secondary N) is 1. The predicted octanol–water partition coefficient (Wildman–Crippen LogP) is 4.76. The van der Waals surface area contributed by atoms with E-state index >= 15 is 0 Å². The maximum atomic E-state index is 10.9. The zero-order chi connectivity index (χ0) is 24.1. The average Bonchev–Trinajstić information content (AvgIpc) is 3.34. The lowest BCUT2D eigenvalue weighted by atomic mass is 9.93. The molecule has 0 radical (unpaired) electrons. The molecule has 1 fully saturated rings. The van der Waals surface area contributed by atoms with E-state index in [1.54, 1.807) is 4.57 Å². The molecule has 2 aliphatic rings. The summed E-state index contributed by atoms with van der Waals surface area (Å²) < 4.78 is 16.8. The Kier molecular flexibility index (Phi) is 5.96. The van der Waals surface area contributed by atoms with E-state index in [4.69, 9.17) is 21.7 Å². The average molecular weight is 555 g/mol. The number of hydrogen-bond acceptors (Lipinski definition) is 5. The first-order chi connectivity index (χ1) is 17.0. The SMILES string of the molecule is Cn1c(O)c2n(c1=S)C(c1ccc(OCCN3CCOCC3)cc1)c1[nH]c3ccc(Br)cc3c1C2. The van der Waals surface area contributed by atoms with Gasteiger partial charge >= 0.3 is 0 Å². The van der Waals surface area contributed by atoms with Crippen molar-refractivity contribution in [3.63, 3.8) is 0 Å². The number of fused-ring (bicyclic) bond motifs is 4. The molecule has 4 heterocycles. The zero-order valence-electron chi connectivity index (χ0n) is 19.5. The van der Waals surface area contributed by atoms with Crippen molar-refractivity contribution >= 4 is 39.1 Å². The monoisotopic (exact) mass is 554 g/mol. The molecule has 182 valence electrons. The topological polar surface area (TPSA) is 67.6 Å². The van der Waals surface area contributed by atoms with Gasteiger partial charge in [0.25, 0.3) is 0 Å². The number of benzene rings is 2. The van der Waals surface area contributed by atoms with Gasteiger partial charge in [0.2, 0.25) is 5.88 Å². The molecule has 0 aliphatic carbocycles. The van der Waals surface area contributed by atoms with Crippen LogP contribution in [-0.4, -0.2) is 63.6 Å². The van der Waals surface area contributed by atoms with Crippen molar-refractivity contribution in [3.05, 3.63) is 74.2 Å². The third-order valence-corrected chi connectivity index (χ3v) is 8.08. The van der Waals surface area contributed by atoms with Crippen LogP contribution in [0.15, 0.2) is 46.9 Å². The fourth-order valence-corrected chi connectivity index (χ4v) is 5.90. The highest BCUT2D eigenvalue weighted by Crippen LogP contribution is 2.43. The fraction of sp³-hybridized carbons (Fsp3) is 0.346. The van der Waals surface area contributed by atoms with Gasteiger partial charge in [0.1, 0.15) is 18.4 Å². The molecule has 2 aromatic carbocycles. The Bertz CT molecular complexity index is 1450. The molecule has 1 saturated heterocycles. The molecule has 0 bridgehead atoms. The van der Waals surface area contributed by atoms with Gasteiger partial charge in [-0.1, -0.05) is 28.1 Å². The second-order valence-electron chi connectivity index (χ2n) is 9.14. The van der Waals surface area contributed by atoms with E-state index in [9.17, 15) is 5.11 Å². The van der Waals surface area contributed by atoms with Crippen LogP contribution in [0, 0.1) is 4.77 Å². The Balaban J connectivity index is 1.34. The molecule has 0 amide bonds. The van der Waals surface area contributed by atoms with Gasteiger partial charge in [0.05, 0.1) is 18.9 Å². The standard InChI is InChI=1S/C26H27BrN4O3S/c1-29-25(32)22-15-20-19-14-17(27)4-7-21(19)28-23(20)24(31(22)26(29)35)16-2-5-18(6-3-16)34-13-10-30-8-11-33-12-9-30/h2-7,14,24,28,32H,8-13,15H2,1H3. The zero-order valence-corrected chi connectivity index (χ0v) is 21.9. The van der Waals surface area contributed by atoms with Crippen molar-refractivity contribution in [2.45, 2.75) is 12.5 Å². The van der Waals surface area contributed by atoms with Crippen LogP contribution in [0.25, 0.3) is 10.9 Å². The molecule has 2 aliphatic heterocycles. The first-order valence-corrected chi connectivity index (χ1v) is 13.0. The lowest BCUT2D eigenvalue weighted by molar-refractivity contribution is 0.0322. The quantitative estimate of drug-likeness (QED) is 0.306. The Hall–Kier alpha value is -2.59. The molecule has 35 heavy (non-hydrogen) atoms. The fourth-order valence-electron chi connectivity index (χ4n) is 5.24. The second kappa shape index (κ2) is 9.13. The number of hydrogen-bond donors (Lipinski definition) is 2. The van der Waals surface area contributed by atoms with Gasteiger partial charge in [-0.2, -0.15) is 0 Å². The number of aromatic nitrogens is 3. The number of aromatic amines is 1. The van der Waals surface area contributed by atoms with Crippen molar-refractivity contribution in [1.29, 1.82) is 0 Å². The van der Waals surface area contributed by atoms with Gasteiger partial charge in [-0.25, -0.2) is 0 Å². The lowest BCUT2D eigenvalue weighted by Gasteiger charge is -2.27. The smallest absolute Gasteiger partial charge is 0.213 e. The predicted molar refractivity (Wildman–Crippen MR) is 141 cm³/mol. The summed E-state index contributed by atoms with van der Waals surface area (Å²) in [5.41, 5.74) is 5.29. The highest BCUT2D eigenvalue weighted by molar-refractivity contribution is 9.10. The van der Waals surface area contributed by atoms with E-state index in [0.717, 1.165) is 70.9 Å². The molecular weight excluding hydrogens is 528 g/mol. The first kappa shape index (κ1) is 22.8. The highest BCUT2D eigenvalue weighted by Gasteiger charge is 2.33. The normalized spacial score (nSPS) is 17.9. The molecule has 4 aromatic rings. The van der Waals surface area contributed by atoms with E-state index in [-0.39, 0.29) is 11.9 Å². The number of halogens is 1. The van der Waals surface area contributed by atoms with E-state index < -0.39 is 0 Å². The van der Waals surface area contributed by atoms with E-state index in [1.807, 2.05) is 25.2 Å². The summed E-state index contributed by atoms with van der Waals surface area (Å²) in [5.74, 6) is 1.07. The van der Waals surface area contributed by atoms with Gasteiger partial charge in [-0.15, -0.1) is 0 Å². The van der Waals surface area contributed by atoms with Gasteiger partial charge in [0.15, 0.2) is 4.77 Å². The van der Waals surface area contributed by atoms with Crippen LogP contribution in [0.2, 0.25) is 0 Å². The number of aromatic hydroxyl groups is 1. The third kappa shape index (κ3) is 4.00.